The van der Waals surface area contributed by atoms with Gasteiger partial charge in [-0.05, 0) is 96.8 Å². The number of carbonyl (C=O) groups is 3. The second-order valence-corrected chi connectivity index (χ2v) is 11.4. The maximum Gasteiger partial charge on any atom is 0.325 e. The molecule has 1 amide bonds. The molecule has 7 heteroatoms. The molecular weight excluding hydrogens is 490 g/mol. The van der Waals surface area contributed by atoms with Crippen LogP contribution in [0.5, 0.6) is 0 Å². The first kappa shape index (κ1) is 30.1. The Morgan fingerprint density at radius 1 is 1.00 bits per heavy atom. The molecule has 0 saturated carbocycles. The summed E-state index contributed by atoms with van der Waals surface area (Å²) < 4.78 is 6.62. The van der Waals surface area contributed by atoms with Crippen LogP contribution in [0.15, 0.2) is 48.7 Å². The number of hydrogen-bond acceptors (Lipinski definition) is 5. The summed E-state index contributed by atoms with van der Waals surface area (Å²) in [5.74, 6) is -0.765. The summed E-state index contributed by atoms with van der Waals surface area (Å²) in [5, 5.41) is 0. The first-order chi connectivity index (χ1) is 18.4. The quantitative estimate of drug-likeness (QED) is 0.243. The van der Waals surface area contributed by atoms with E-state index in [2.05, 4.69) is 32.7 Å². The molecule has 39 heavy (non-hydrogen) atoms. The SMILES string of the molecule is CCc1cc2cc(C(=O)N(CC(=O)OC)C(C)C)ccn2c1C(=O)c1ccc(CCCN(C)C(C)(C)C)cc1. The molecule has 0 aliphatic heterocycles. The fourth-order valence-corrected chi connectivity index (χ4v) is 4.57. The number of carbonyl (C=O) groups excluding carboxylic acids is 3. The van der Waals surface area contributed by atoms with E-state index < -0.39 is 5.97 Å². The third kappa shape index (κ3) is 7.15. The van der Waals surface area contributed by atoms with Crippen molar-refractivity contribution in [3.63, 3.8) is 0 Å². The molecule has 7 nitrogen and oxygen atoms in total. The van der Waals surface area contributed by atoms with Gasteiger partial charge < -0.3 is 18.9 Å². The maximum absolute atomic E-state index is 13.6. The molecule has 3 aromatic rings. The number of fused-ring (bicyclic) bond motifs is 1. The summed E-state index contributed by atoms with van der Waals surface area (Å²) in [4.78, 5) is 42.6. The number of methoxy groups -OCH3 is 1. The summed E-state index contributed by atoms with van der Waals surface area (Å²) in [6.45, 7) is 13.3. The molecule has 210 valence electrons. The summed E-state index contributed by atoms with van der Waals surface area (Å²) >= 11 is 0. The predicted octanol–water partition coefficient (Wildman–Crippen LogP) is 5.42. The Balaban J connectivity index is 1.82. The lowest BCUT2D eigenvalue weighted by Gasteiger charge is -2.31. The van der Waals surface area contributed by atoms with Crippen LogP contribution in [0.1, 0.15) is 85.5 Å². The molecule has 3 rings (SSSR count). The fourth-order valence-electron chi connectivity index (χ4n) is 4.57. The first-order valence-corrected chi connectivity index (χ1v) is 13.7. The van der Waals surface area contributed by atoms with Crippen LogP contribution in [-0.4, -0.2) is 70.7 Å². The van der Waals surface area contributed by atoms with Gasteiger partial charge in [-0.3, -0.25) is 14.4 Å². The molecule has 0 aliphatic rings. The van der Waals surface area contributed by atoms with Crippen LogP contribution in [-0.2, 0) is 22.4 Å². The molecule has 0 unspecified atom stereocenters. The van der Waals surface area contributed by atoms with E-state index in [-0.39, 0.29) is 29.8 Å². The van der Waals surface area contributed by atoms with Crippen LogP contribution >= 0.6 is 0 Å². The van der Waals surface area contributed by atoms with Gasteiger partial charge in [0.25, 0.3) is 5.91 Å². The minimum Gasteiger partial charge on any atom is -0.468 e. The highest BCUT2D eigenvalue weighted by Crippen LogP contribution is 2.23. The van der Waals surface area contributed by atoms with E-state index in [1.807, 2.05) is 55.5 Å². The number of aryl methyl sites for hydroxylation is 2. The van der Waals surface area contributed by atoms with Gasteiger partial charge >= 0.3 is 5.97 Å². The van der Waals surface area contributed by atoms with Gasteiger partial charge in [-0.2, -0.15) is 0 Å². The molecule has 0 atom stereocenters. The molecule has 0 fully saturated rings. The van der Waals surface area contributed by atoms with Crippen molar-refractivity contribution in [3.8, 4) is 0 Å². The average molecular weight is 534 g/mol. The third-order valence-corrected chi connectivity index (χ3v) is 7.43. The zero-order chi connectivity index (χ0) is 28.9. The second-order valence-electron chi connectivity index (χ2n) is 11.4. The number of hydrogen-bond donors (Lipinski definition) is 0. The summed E-state index contributed by atoms with van der Waals surface area (Å²) in [7, 11) is 3.46. The highest BCUT2D eigenvalue weighted by Gasteiger charge is 2.24. The van der Waals surface area contributed by atoms with E-state index in [1.54, 1.807) is 18.3 Å². The van der Waals surface area contributed by atoms with Crippen molar-refractivity contribution >= 4 is 23.2 Å². The Kier molecular flexibility index (Phi) is 9.73. The predicted molar refractivity (Wildman–Crippen MR) is 156 cm³/mol. The zero-order valence-corrected chi connectivity index (χ0v) is 24.7. The zero-order valence-electron chi connectivity index (χ0n) is 24.7. The number of ketones is 1. The number of nitrogens with zero attached hydrogens (tertiary/aromatic N) is 3. The van der Waals surface area contributed by atoms with E-state index >= 15 is 0 Å². The Hall–Kier alpha value is -3.45. The lowest BCUT2D eigenvalue weighted by Crippen LogP contribution is -2.41. The minimum absolute atomic E-state index is 0.0422. The van der Waals surface area contributed by atoms with Gasteiger partial charge in [0, 0.05) is 34.4 Å². The van der Waals surface area contributed by atoms with Gasteiger partial charge in [0.2, 0.25) is 5.78 Å². The lowest BCUT2D eigenvalue weighted by atomic mass is 10.0. The molecule has 0 N–H and O–H groups in total. The van der Waals surface area contributed by atoms with Crippen LogP contribution in [0.3, 0.4) is 0 Å². The number of rotatable bonds is 11. The van der Waals surface area contributed by atoms with Crippen molar-refractivity contribution in [1.29, 1.82) is 0 Å². The maximum atomic E-state index is 13.6. The van der Waals surface area contributed by atoms with Crippen molar-refractivity contribution in [3.05, 3.63) is 76.6 Å². The van der Waals surface area contributed by atoms with Crippen molar-refractivity contribution in [2.45, 2.75) is 72.4 Å². The van der Waals surface area contributed by atoms with Gasteiger partial charge in [0.15, 0.2) is 0 Å². The van der Waals surface area contributed by atoms with Crippen molar-refractivity contribution < 1.29 is 19.1 Å². The van der Waals surface area contributed by atoms with E-state index in [4.69, 9.17) is 4.74 Å². The Bertz CT molecular complexity index is 1320. The number of esters is 1. The highest BCUT2D eigenvalue weighted by molar-refractivity contribution is 6.10. The molecule has 0 radical (unpaired) electrons. The van der Waals surface area contributed by atoms with Crippen LogP contribution in [0.25, 0.3) is 5.52 Å². The molecule has 1 aromatic carbocycles. The molecule has 0 bridgehead atoms. The minimum atomic E-state index is -0.467. The van der Waals surface area contributed by atoms with Crippen molar-refractivity contribution in [2.75, 3.05) is 27.2 Å². The highest BCUT2D eigenvalue weighted by atomic mass is 16.5. The average Bonchev–Trinajstić information content (AvgIpc) is 3.28. The van der Waals surface area contributed by atoms with Crippen molar-refractivity contribution in [1.82, 2.24) is 14.2 Å². The van der Waals surface area contributed by atoms with Gasteiger partial charge in [-0.15, -0.1) is 0 Å². The van der Waals surface area contributed by atoms with Crippen molar-refractivity contribution in [2.24, 2.45) is 0 Å². The van der Waals surface area contributed by atoms with Gasteiger partial charge in [0.1, 0.15) is 6.54 Å². The molecule has 0 saturated heterocycles. The number of aromatic nitrogens is 1. The van der Waals surface area contributed by atoms with Crippen LogP contribution in [0.2, 0.25) is 0 Å². The van der Waals surface area contributed by atoms with Crippen LogP contribution in [0.4, 0.5) is 0 Å². The van der Waals surface area contributed by atoms with E-state index in [0.717, 1.165) is 30.5 Å². The first-order valence-electron chi connectivity index (χ1n) is 13.7. The van der Waals surface area contributed by atoms with E-state index in [0.29, 0.717) is 23.2 Å². The number of pyridine rings is 1. The van der Waals surface area contributed by atoms with E-state index in [1.165, 1.54) is 17.6 Å². The molecule has 2 aromatic heterocycles. The lowest BCUT2D eigenvalue weighted by molar-refractivity contribution is -0.141. The largest absolute Gasteiger partial charge is 0.468 e. The molecule has 2 heterocycles. The van der Waals surface area contributed by atoms with E-state index in [9.17, 15) is 14.4 Å². The number of ether oxygens (including phenoxy) is 1. The Morgan fingerprint density at radius 3 is 2.23 bits per heavy atom. The topological polar surface area (TPSA) is 71.3 Å². The molecule has 0 aliphatic carbocycles. The van der Waals surface area contributed by atoms with Gasteiger partial charge in [0.05, 0.1) is 12.8 Å². The van der Waals surface area contributed by atoms with Crippen LogP contribution < -0.4 is 0 Å². The third-order valence-electron chi connectivity index (χ3n) is 7.43. The standard InChI is InChI=1S/C32H43N3O4/c1-9-24-19-27-20-26(31(38)35(22(2)3)21-28(36)39-8)16-18-34(27)29(24)30(37)25-14-12-23(13-15-25)11-10-17-33(7)32(4,5)6/h12-16,18-20,22H,9-11,17,21H2,1-8H3. The Morgan fingerprint density at radius 2 is 1.67 bits per heavy atom. The summed E-state index contributed by atoms with van der Waals surface area (Å²) in [6, 6.07) is 13.2. The Labute approximate surface area is 232 Å². The normalized spacial score (nSPS) is 11.8. The monoisotopic (exact) mass is 533 g/mol. The summed E-state index contributed by atoms with van der Waals surface area (Å²) in [5.41, 5.74) is 4.77. The smallest absolute Gasteiger partial charge is 0.325 e. The van der Waals surface area contributed by atoms with Crippen LogP contribution in [0, 0.1) is 0 Å². The number of amides is 1. The fraction of sp³-hybridized carbons (Fsp3) is 0.469. The summed E-state index contributed by atoms with van der Waals surface area (Å²) in [6.07, 6.45) is 4.47. The number of benzene rings is 1. The van der Waals surface area contributed by atoms with Gasteiger partial charge in [-0.25, -0.2) is 0 Å². The molecular formula is C32H43N3O4. The molecule has 0 spiro atoms. The van der Waals surface area contributed by atoms with Gasteiger partial charge in [-0.1, -0.05) is 31.2 Å². The second kappa shape index (κ2) is 12.6.